The Morgan fingerprint density at radius 3 is 2.68 bits per heavy atom. The van der Waals surface area contributed by atoms with Crippen molar-refractivity contribution in [2.45, 2.75) is 45.8 Å². The number of carbonyl (C=O) groups is 1. The Balaban J connectivity index is 2.58. The summed E-state index contributed by atoms with van der Waals surface area (Å²) in [5.41, 5.74) is 0. The summed E-state index contributed by atoms with van der Waals surface area (Å²) < 4.78 is 25.6. The smallest absolute Gasteiger partial charge is 0.240 e. The summed E-state index contributed by atoms with van der Waals surface area (Å²) in [7, 11) is -3.40. The van der Waals surface area contributed by atoms with Gasteiger partial charge in [0.05, 0.1) is 17.9 Å². The first-order valence-corrected chi connectivity index (χ1v) is 8.39. The number of piperidine rings is 1. The van der Waals surface area contributed by atoms with Crippen LogP contribution in [0, 0.1) is 5.92 Å². The Morgan fingerprint density at radius 1 is 1.53 bits per heavy atom. The second-order valence-electron chi connectivity index (χ2n) is 5.28. The van der Waals surface area contributed by atoms with E-state index < -0.39 is 22.2 Å². The highest BCUT2D eigenvalue weighted by Gasteiger charge is 2.30. The first-order chi connectivity index (χ1) is 8.76. The molecule has 0 bridgehead atoms. The van der Waals surface area contributed by atoms with E-state index in [4.69, 9.17) is 0 Å². The van der Waals surface area contributed by atoms with Gasteiger partial charge in [-0.3, -0.25) is 4.79 Å². The van der Waals surface area contributed by atoms with Crippen LogP contribution in [0.1, 0.15) is 33.6 Å². The molecule has 7 heteroatoms. The van der Waals surface area contributed by atoms with Crippen molar-refractivity contribution in [1.29, 1.82) is 0 Å². The number of nitrogens with one attached hydrogen (secondary N) is 1. The average Bonchev–Trinajstić information content (AvgIpc) is 2.31. The van der Waals surface area contributed by atoms with Crippen LogP contribution in [0.25, 0.3) is 0 Å². The van der Waals surface area contributed by atoms with Gasteiger partial charge in [-0.2, -0.15) is 0 Å². The molecule has 1 aliphatic rings. The molecule has 1 saturated heterocycles. The maximum Gasteiger partial charge on any atom is 0.240 e. The molecule has 0 saturated carbocycles. The molecule has 0 aromatic rings. The van der Waals surface area contributed by atoms with Crippen LogP contribution >= 0.6 is 0 Å². The third kappa shape index (κ3) is 4.74. The van der Waals surface area contributed by atoms with Crippen molar-refractivity contribution >= 4 is 15.9 Å². The fraction of sp³-hybridized carbons (Fsp3) is 0.917. The Morgan fingerprint density at radius 2 is 2.16 bits per heavy atom. The summed E-state index contributed by atoms with van der Waals surface area (Å²) in [5.74, 6) is -0.0775. The molecule has 1 rings (SSSR count). The number of nitrogens with zero attached hydrogens (tertiary/aromatic N) is 1. The van der Waals surface area contributed by atoms with Gasteiger partial charge in [0.1, 0.15) is 0 Å². The molecule has 1 aliphatic heterocycles. The van der Waals surface area contributed by atoms with E-state index in [0.717, 1.165) is 6.42 Å². The molecular formula is C12H24N2O4S. The van der Waals surface area contributed by atoms with E-state index in [2.05, 4.69) is 4.72 Å². The molecule has 2 N–H and O–H groups in total. The third-order valence-corrected chi connectivity index (χ3v) is 5.09. The maximum atomic E-state index is 12.1. The number of aliphatic hydroxyl groups excluding tert-OH is 1. The minimum absolute atomic E-state index is 0.0181. The summed E-state index contributed by atoms with van der Waals surface area (Å²) in [6, 6.07) is -0.780. The molecule has 1 amide bonds. The van der Waals surface area contributed by atoms with E-state index >= 15 is 0 Å². The predicted molar refractivity (Wildman–Crippen MR) is 73.0 cm³/mol. The van der Waals surface area contributed by atoms with E-state index in [1.165, 1.54) is 4.90 Å². The van der Waals surface area contributed by atoms with Gasteiger partial charge in [-0.1, -0.05) is 13.8 Å². The van der Waals surface area contributed by atoms with Crippen LogP contribution in [0.3, 0.4) is 0 Å². The first-order valence-electron chi connectivity index (χ1n) is 6.73. The minimum Gasteiger partial charge on any atom is -0.391 e. The van der Waals surface area contributed by atoms with Gasteiger partial charge < -0.3 is 10.0 Å². The Labute approximate surface area is 115 Å². The van der Waals surface area contributed by atoms with Crippen molar-refractivity contribution in [3.05, 3.63) is 0 Å². The van der Waals surface area contributed by atoms with Crippen molar-refractivity contribution in [3.63, 3.8) is 0 Å². The molecule has 3 atom stereocenters. The van der Waals surface area contributed by atoms with Gasteiger partial charge in [-0.05, 0) is 25.7 Å². The van der Waals surface area contributed by atoms with Crippen molar-refractivity contribution in [1.82, 2.24) is 9.62 Å². The quantitative estimate of drug-likeness (QED) is 0.743. The number of rotatable bonds is 5. The summed E-state index contributed by atoms with van der Waals surface area (Å²) >= 11 is 0. The highest BCUT2D eigenvalue weighted by Crippen LogP contribution is 2.17. The number of amides is 1. The molecule has 112 valence electrons. The molecule has 0 aromatic carbocycles. The molecule has 3 unspecified atom stereocenters. The van der Waals surface area contributed by atoms with E-state index in [1.807, 2.05) is 6.92 Å². The van der Waals surface area contributed by atoms with Crippen LogP contribution in [0.4, 0.5) is 0 Å². The Bertz CT molecular complexity index is 410. The highest BCUT2D eigenvalue weighted by molar-refractivity contribution is 7.89. The lowest BCUT2D eigenvalue weighted by Gasteiger charge is -2.35. The maximum absolute atomic E-state index is 12.1. The van der Waals surface area contributed by atoms with Gasteiger partial charge in [-0.25, -0.2) is 13.1 Å². The highest BCUT2D eigenvalue weighted by atomic mass is 32.2. The van der Waals surface area contributed by atoms with Crippen LogP contribution in [0.15, 0.2) is 0 Å². The normalized spacial score (nSPS) is 26.2. The van der Waals surface area contributed by atoms with Crippen LogP contribution < -0.4 is 4.72 Å². The van der Waals surface area contributed by atoms with Crippen molar-refractivity contribution in [2.75, 3.05) is 18.8 Å². The zero-order valence-corrected chi connectivity index (χ0v) is 12.6. The largest absolute Gasteiger partial charge is 0.391 e. The summed E-state index contributed by atoms with van der Waals surface area (Å²) in [4.78, 5) is 13.7. The lowest BCUT2D eigenvalue weighted by molar-refractivity contribution is -0.136. The number of hydrogen-bond donors (Lipinski definition) is 2. The number of likely N-dealkylation sites (tertiary alicyclic amines) is 1. The molecule has 6 nitrogen and oxygen atoms in total. The van der Waals surface area contributed by atoms with Crippen molar-refractivity contribution < 1.29 is 18.3 Å². The Hall–Kier alpha value is -0.660. The number of aliphatic hydroxyl groups is 1. The minimum atomic E-state index is -3.40. The SMILES string of the molecule is CCCS(=O)(=O)NC(C)C(=O)N1CCC(C)C(O)C1. The zero-order valence-electron chi connectivity index (χ0n) is 11.8. The van der Waals surface area contributed by atoms with E-state index in [0.29, 0.717) is 13.0 Å². The van der Waals surface area contributed by atoms with Gasteiger partial charge in [0.15, 0.2) is 0 Å². The van der Waals surface area contributed by atoms with Crippen molar-refractivity contribution in [3.8, 4) is 0 Å². The number of carbonyl (C=O) groups excluding carboxylic acids is 1. The second kappa shape index (κ2) is 6.67. The second-order valence-corrected chi connectivity index (χ2v) is 7.15. The first kappa shape index (κ1) is 16.4. The van der Waals surface area contributed by atoms with E-state index in [1.54, 1.807) is 13.8 Å². The van der Waals surface area contributed by atoms with Crippen molar-refractivity contribution in [2.24, 2.45) is 5.92 Å². The lowest BCUT2D eigenvalue weighted by Crippen LogP contribution is -2.52. The molecule has 0 aromatic heterocycles. The molecule has 1 heterocycles. The monoisotopic (exact) mass is 292 g/mol. The predicted octanol–water partition coefficient (Wildman–Crippen LogP) is -0.0664. The standard InChI is InChI=1S/C12H24N2O4S/c1-4-7-19(17,18)13-10(3)12(16)14-6-5-9(2)11(15)8-14/h9-11,13,15H,4-8H2,1-3H3. The van der Waals surface area contributed by atoms with E-state index in [-0.39, 0.29) is 24.1 Å². The van der Waals surface area contributed by atoms with Gasteiger partial charge in [-0.15, -0.1) is 0 Å². The average molecular weight is 292 g/mol. The Kier molecular flexibility index (Phi) is 5.76. The zero-order chi connectivity index (χ0) is 14.6. The molecule has 0 aliphatic carbocycles. The van der Waals surface area contributed by atoms with Crippen LogP contribution in [-0.4, -0.2) is 55.3 Å². The van der Waals surface area contributed by atoms with Gasteiger partial charge >= 0.3 is 0 Å². The van der Waals surface area contributed by atoms with Gasteiger partial charge in [0.25, 0.3) is 0 Å². The lowest BCUT2D eigenvalue weighted by atomic mass is 9.96. The fourth-order valence-electron chi connectivity index (χ4n) is 2.17. The van der Waals surface area contributed by atoms with Crippen LogP contribution in [0.5, 0.6) is 0 Å². The third-order valence-electron chi connectivity index (χ3n) is 3.43. The van der Waals surface area contributed by atoms with Gasteiger partial charge in [0.2, 0.25) is 15.9 Å². The topological polar surface area (TPSA) is 86.7 Å². The number of β-amino-alcohol motifs (C(OH)–C–C–N with tert-alkyl or cyclic N) is 1. The van der Waals surface area contributed by atoms with E-state index in [9.17, 15) is 18.3 Å². The molecule has 0 spiro atoms. The molecular weight excluding hydrogens is 268 g/mol. The fourth-order valence-corrected chi connectivity index (χ4v) is 3.47. The van der Waals surface area contributed by atoms with Crippen LogP contribution in [-0.2, 0) is 14.8 Å². The molecule has 19 heavy (non-hydrogen) atoms. The molecule has 0 radical (unpaired) electrons. The summed E-state index contributed by atoms with van der Waals surface area (Å²) in [5, 5.41) is 9.76. The molecule has 1 fully saturated rings. The summed E-state index contributed by atoms with van der Waals surface area (Å²) in [6.07, 6.45) is 0.717. The number of hydrogen-bond acceptors (Lipinski definition) is 4. The van der Waals surface area contributed by atoms with Crippen LogP contribution in [0.2, 0.25) is 0 Å². The number of sulfonamides is 1. The van der Waals surface area contributed by atoms with Gasteiger partial charge in [0, 0.05) is 13.1 Å². The summed E-state index contributed by atoms with van der Waals surface area (Å²) in [6.45, 7) is 6.10.